The lowest BCUT2D eigenvalue weighted by molar-refractivity contribution is 0.836. The molecule has 0 unspecified atom stereocenters. The minimum Gasteiger partial charge on any atom is -0.391 e. The maximum Gasteiger partial charge on any atom is 0.155 e. The highest BCUT2D eigenvalue weighted by Gasteiger charge is 2.09. The van der Waals surface area contributed by atoms with Crippen LogP contribution in [-0.4, -0.2) is 28.4 Å². The predicted molar refractivity (Wildman–Crippen MR) is 96.0 cm³/mol. The van der Waals surface area contributed by atoms with Crippen LogP contribution in [0.25, 0.3) is 18.0 Å². The number of nitrogens with one attached hydrogen (secondary N) is 1. The lowest BCUT2D eigenvalue weighted by atomic mass is 10.2. The van der Waals surface area contributed by atoms with E-state index >= 15 is 0 Å². The van der Waals surface area contributed by atoms with Crippen LogP contribution in [0.3, 0.4) is 0 Å². The van der Waals surface area contributed by atoms with Crippen LogP contribution in [0.1, 0.15) is 23.4 Å². The monoisotopic (exact) mass is 320 g/mol. The normalized spacial score (nSPS) is 11.5. The van der Waals surface area contributed by atoms with Gasteiger partial charge < -0.3 is 11.1 Å². The lowest BCUT2D eigenvalue weighted by Crippen LogP contribution is -2.15. The summed E-state index contributed by atoms with van der Waals surface area (Å²) in [5.41, 5.74) is 8.70. The predicted octanol–water partition coefficient (Wildman–Crippen LogP) is 2.25. The lowest BCUT2D eigenvalue weighted by Gasteiger charge is -2.04. The molecule has 2 rings (SSSR count). The van der Waals surface area contributed by atoms with Crippen molar-refractivity contribution in [2.75, 3.05) is 13.6 Å². The molecule has 6 nitrogen and oxygen atoms in total. The molecule has 3 N–H and O–H groups in total. The van der Waals surface area contributed by atoms with Crippen LogP contribution in [0, 0.1) is 11.3 Å². The molecule has 2 heterocycles. The van der Waals surface area contributed by atoms with E-state index < -0.39 is 0 Å². The van der Waals surface area contributed by atoms with E-state index in [2.05, 4.69) is 22.0 Å². The van der Waals surface area contributed by atoms with Crippen LogP contribution in [0.4, 0.5) is 0 Å². The minimum atomic E-state index is 0.349. The summed E-state index contributed by atoms with van der Waals surface area (Å²) in [6.07, 6.45) is 10.3. The van der Waals surface area contributed by atoms with Gasteiger partial charge in [0.1, 0.15) is 11.8 Å². The molecule has 2 aromatic heterocycles. The highest BCUT2D eigenvalue weighted by molar-refractivity contribution is 5.62. The van der Waals surface area contributed by atoms with Gasteiger partial charge in [0.2, 0.25) is 0 Å². The fourth-order valence-electron chi connectivity index (χ4n) is 2.18. The summed E-state index contributed by atoms with van der Waals surface area (Å²) in [5.74, 6) is 0.587. The Bertz CT molecular complexity index is 801. The van der Waals surface area contributed by atoms with Gasteiger partial charge in [-0.05, 0) is 24.6 Å². The van der Waals surface area contributed by atoms with Gasteiger partial charge in [0.25, 0.3) is 0 Å². The number of hydrogen-bond acceptors (Lipinski definition) is 5. The second-order valence-corrected chi connectivity index (χ2v) is 4.92. The first kappa shape index (κ1) is 17.2. The molecular weight excluding hydrogens is 300 g/mol. The summed E-state index contributed by atoms with van der Waals surface area (Å²) < 4.78 is 1.67. The molecule has 0 spiro atoms. The molecule has 0 amide bonds. The highest BCUT2D eigenvalue weighted by atomic mass is 15.3. The maximum absolute atomic E-state index is 8.98. The highest BCUT2D eigenvalue weighted by Crippen LogP contribution is 2.17. The summed E-state index contributed by atoms with van der Waals surface area (Å²) in [6, 6.07) is 7.27. The summed E-state index contributed by atoms with van der Waals surface area (Å²) >= 11 is 0. The van der Waals surface area contributed by atoms with Crippen molar-refractivity contribution < 1.29 is 0 Å². The first-order chi connectivity index (χ1) is 11.7. The molecule has 0 radical (unpaired) electrons. The molecule has 0 atom stereocenters. The maximum atomic E-state index is 8.98. The first-order valence-electron chi connectivity index (χ1n) is 7.54. The molecule has 0 bridgehead atoms. The van der Waals surface area contributed by atoms with E-state index in [0.717, 1.165) is 23.4 Å². The van der Waals surface area contributed by atoms with Crippen molar-refractivity contribution in [1.82, 2.24) is 20.1 Å². The molecule has 0 aliphatic carbocycles. The average Bonchev–Trinajstić information content (AvgIpc) is 3.04. The van der Waals surface area contributed by atoms with Crippen molar-refractivity contribution in [2.24, 2.45) is 5.73 Å². The number of likely N-dealkylation sites (N-methyl/N-ethyl adjacent to an activating group) is 1. The van der Waals surface area contributed by atoms with Crippen molar-refractivity contribution in [1.29, 1.82) is 5.26 Å². The largest absolute Gasteiger partial charge is 0.391 e. The third-order valence-corrected chi connectivity index (χ3v) is 3.43. The van der Waals surface area contributed by atoms with E-state index in [1.165, 1.54) is 0 Å². The number of allylic oxidation sites excluding steroid dienone is 2. The van der Waals surface area contributed by atoms with Gasteiger partial charge in [0.15, 0.2) is 5.82 Å². The first-order valence-corrected chi connectivity index (χ1v) is 7.54. The van der Waals surface area contributed by atoms with Gasteiger partial charge in [0, 0.05) is 24.9 Å². The van der Waals surface area contributed by atoms with Crippen LogP contribution in [-0.2, 0) is 0 Å². The third kappa shape index (κ3) is 3.97. The molecule has 0 aliphatic rings. The van der Waals surface area contributed by atoms with Crippen LogP contribution >= 0.6 is 0 Å². The van der Waals surface area contributed by atoms with Crippen molar-refractivity contribution in [3.63, 3.8) is 0 Å². The van der Waals surface area contributed by atoms with Crippen LogP contribution < -0.4 is 11.1 Å². The fourth-order valence-corrected chi connectivity index (χ4v) is 2.18. The minimum absolute atomic E-state index is 0.349. The molecular formula is C18H20N6. The van der Waals surface area contributed by atoms with Gasteiger partial charge in [-0.25, -0.2) is 9.67 Å². The Morgan fingerprint density at radius 3 is 3.00 bits per heavy atom. The second kappa shape index (κ2) is 8.46. The van der Waals surface area contributed by atoms with Crippen LogP contribution in [0.2, 0.25) is 0 Å². The Labute approximate surface area is 141 Å². The van der Waals surface area contributed by atoms with Crippen LogP contribution in [0.15, 0.2) is 48.8 Å². The smallest absolute Gasteiger partial charge is 0.155 e. The van der Waals surface area contributed by atoms with E-state index in [9.17, 15) is 0 Å². The molecule has 0 aliphatic heterocycles. The average molecular weight is 320 g/mol. The Kier molecular flexibility index (Phi) is 6.06. The quantitative estimate of drug-likeness (QED) is 0.816. The van der Waals surface area contributed by atoms with E-state index in [1.807, 2.05) is 31.3 Å². The zero-order chi connectivity index (χ0) is 17.4. The standard InChI is InChI=1S/C18H20N6/c1-3-17-14(7-4-5-8-15(11-19)21-2)13-22-24(17)18-10-6-9-16(12-20)23-18/h3-4,6-10,13,21H,1,5,11,19H2,2H3/b7-4-,15-8-. The Balaban J connectivity index is 2.25. The number of nitrogens with zero attached hydrogens (tertiary/aromatic N) is 4. The summed E-state index contributed by atoms with van der Waals surface area (Å²) in [4.78, 5) is 4.26. The van der Waals surface area contributed by atoms with Gasteiger partial charge in [-0.1, -0.05) is 30.9 Å². The molecule has 0 aromatic carbocycles. The van der Waals surface area contributed by atoms with Gasteiger partial charge in [-0.15, -0.1) is 0 Å². The number of rotatable bonds is 7. The van der Waals surface area contributed by atoms with E-state index in [1.54, 1.807) is 35.2 Å². The number of aromatic nitrogens is 3. The van der Waals surface area contributed by atoms with Crippen molar-refractivity contribution in [2.45, 2.75) is 6.42 Å². The summed E-state index contributed by atoms with van der Waals surface area (Å²) in [6.45, 7) is 4.34. The van der Waals surface area contributed by atoms with Gasteiger partial charge in [-0.3, -0.25) is 0 Å². The van der Waals surface area contributed by atoms with Gasteiger partial charge in [-0.2, -0.15) is 10.4 Å². The second-order valence-electron chi connectivity index (χ2n) is 4.92. The molecule has 122 valence electrons. The van der Waals surface area contributed by atoms with E-state index in [-0.39, 0.29) is 0 Å². The fraction of sp³-hybridized carbons (Fsp3) is 0.167. The van der Waals surface area contributed by atoms with E-state index in [0.29, 0.717) is 18.1 Å². The topological polar surface area (TPSA) is 92.5 Å². The summed E-state index contributed by atoms with van der Waals surface area (Å²) in [7, 11) is 1.85. The number of nitriles is 1. The Morgan fingerprint density at radius 2 is 2.33 bits per heavy atom. The molecule has 0 saturated heterocycles. The molecule has 2 aromatic rings. The van der Waals surface area contributed by atoms with Crippen molar-refractivity contribution in [3.05, 3.63) is 65.8 Å². The zero-order valence-electron chi connectivity index (χ0n) is 13.6. The molecule has 6 heteroatoms. The van der Waals surface area contributed by atoms with Crippen molar-refractivity contribution in [3.8, 4) is 11.9 Å². The van der Waals surface area contributed by atoms with Gasteiger partial charge >= 0.3 is 0 Å². The zero-order valence-corrected chi connectivity index (χ0v) is 13.6. The third-order valence-electron chi connectivity index (χ3n) is 3.43. The van der Waals surface area contributed by atoms with E-state index in [4.69, 9.17) is 11.0 Å². The molecule has 0 fully saturated rings. The Morgan fingerprint density at radius 1 is 1.50 bits per heavy atom. The molecule has 0 saturated carbocycles. The van der Waals surface area contributed by atoms with Crippen LogP contribution in [0.5, 0.6) is 0 Å². The van der Waals surface area contributed by atoms with Gasteiger partial charge in [0.05, 0.1) is 11.9 Å². The Hall–Kier alpha value is -3.17. The SMILES string of the molecule is C=Cc1c(/C=C\C/C=C(/CN)NC)cnn1-c1cccc(C#N)n1. The number of nitrogens with two attached hydrogens (primary N) is 1. The van der Waals surface area contributed by atoms with Crippen molar-refractivity contribution >= 4 is 12.2 Å². The number of pyridine rings is 1. The number of hydrogen-bond donors (Lipinski definition) is 2. The summed E-state index contributed by atoms with van der Waals surface area (Å²) in [5, 5.41) is 16.4. The molecule has 24 heavy (non-hydrogen) atoms.